The number of halogens is 1. The minimum absolute atomic E-state index is 0.00576. The maximum atomic E-state index is 12.9. The van der Waals surface area contributed by atoms with Gasteiger partial charge in [0.15, 0.2) is 9.84 Å². The van der Waals surface area contributed by atoms with Crippen LogP contribution < -0.4 is 0 Å². The highest BCUT2D eigenvalue weighted by Crippen LogP contribution is 2.21. The third-order valence-corrected chi connectivity index (χ3v) is 5.78. The lowest BCUT2D eigenvalue weighted by molar-refractivity contribution is 0.0741. The van der Waals surface area contributed by atoms with E-state index in [1.54, 1.807) is 25.2 Å². The van der Waals surface area contributed by atoms with Gasteiger partial charge in [-0.25, -0.2) is 12.8 Å². The maximum Gasteiger partial charge on any atom is 0.271 e. The number of rotatable bonds is 3. The van der Waals surface area contributed by atoms with Gasteiger partial charge in [-0.15, -0.1) is 0 Å². The van der Waals surface area contributed by atoms with Gasteiger partial charge >= 0.3 is 0 Å². The standard InChI is InChI=1S/C15H16FN3O3S/c1-19(12-6-7-23(21,22)9-12)15(20)14-8-13(17-18-14)10-2-4-11(16)5-3-10/h2-5,8,12H,6-7,9H2,1H3,(H,17,18)/t12-/m0/s1. The fraction of sp³-hybridized carbons (Fsp3) is 0.333. The summed E-state index contributed by atoms with van der Waals surface area (Å²) in [5.41, 5.74) is 1.49. The first-order valence-electron chi connectivity index (χ1n) is 7.15. The molecule has 1 aliphatic rings. The molecule has 1 aliphatic heterocycles. The minimum atomic E-state index is -3.05. The molecule has 1 aromatic heterocycles. The van der Waals surface area contributed by atoms with Crippen molar-refractivity contribution in [2.75, 3.05) is 18.6 Å². The second-order valence-electron chi connectivity index (χ2n) is 5.65. The van der Waals surface area contributed by atoms with E-state index in [9.17, 15) is 17.6 Å². The van der Waals surface area contributed by atoms with Gasteiger partial charge in [-0.05, 0) is 36.8 Å². The number of aromatic amines is 1. The highest BCUT2D eigenvalue weighted by molar-refractivity contribution is 7.91. The Kier molecular flexibility index (Phi) is 3.93. The van der Waals surface area contributed by atoms with Gasteiger partial charge in [0.05, 0.1) is 17.2 Å². The molecule has 1 amide bonds. The molecule has 23 heavy (non-hydrogen) atoms. The van der Waals surface area contributed by atoms with Crippen molar-refractivity contribution in [2.45, 2.75) is 12.5 Å². The summed E-state index contributed by atoms with van der Waals surface area (Å²) in [6.07, 6.45) is 0.448. The number of nitrogens with zero attached hydrogens (tertiary/aromatic N) is 2. The summed E-state index contributed by atoms with van der Waals surface area (Å²) in [7, 11) is -1.46. The predicted octanol–water partition coefficient (Wildman–Crippen LogP) is 1.47. The van der Waals surface area contributed by atoms with Crippen LogP contribution in [0.4, 0.5) is 4.39 Å². The molecular formula is C15H16FN3O3S. The molecule has 1 fully saturated rings. The second kappa shape index (κ2) is 5.77. The van der Waals surface area contributed by atoms with Crippen LogP contribution in [0.15, 0.2) is 30.3 Å². The highest BCUT2D eigenvalue weighted by atomic mass is 32.2. The Balaban J connectivity index is 1.77. The Morgan fingerprint density at radius 1 is 1.35 bits per heavy atom. The smallest absolute Gasteiger partial charge is 0.271 e. The molecule has 0 aliphatic carbocycles. The maximum absolute atomic E-state index is 12.9. The van der Waals surface area contributed by atoms with Crippen LogP contribution in [-0.2, 0) is 9.84 Å². The summed E-state index contributed by atoms with van der Waals surface area (Å²) in [6.45, 7) is 0. The number of carbonyl (C=O) groups is 1. The number of amides is 1. The van der Waals surface area contributed by atoms with E-state index in [0.717, 1.165) is 0 Å². The number of sulfone groups is 1. The van der Waals surface area contributed by atoms with Crippen LogP contribution in [0.1, 0.15) is 16.9 Å². The van der Waals surface area contributed by atoms with E-state index in [1.165, 1.54) is 17.0 Å². The summed E-state index contributed by atoms with van der Waals surface area (Å²) in [5.74, 6) is -0.552. The average molecular weight is 337 g/mol. The third kappa shape index (κ3) is 3.26. The van der Waals surface area contributed by atoms with E-state index >= 15 is 0 Å². The fourth-order valence-corrected chi connectivity index (χ4v) is 4.41. The Hall–Kier alpha value is -2.22. The van der Waals surface area contributed by atoms with E-state index in [2.05, 4.69) is 10.2 Å². The van der Waals surface area contributed by atoms with Gasteiger partial charge in [0.1, 0.15) is 11.5 Å². The van der Waals surface area contributed by atoms with Crippen LogP contribution in [0.5, 0.6) is 0 Å². The molecule has 2 aromatic rings. The molecule has 3 rings (SSSR count). The topological polar surface area (TPSA) is 83.1 Å². The van der Waals surface area contributed by atoms with E-state index in [1.807, 2.05) is 0 Å². The van der Waals surface area contributed by atoms with Gasteiger partial charge in [0.25, 0.3) is 5.91 Å². The van der Waals surface area contributed by atoms with Crippen LogP contribution >= 0.6 is 0 Å². The normalized spacial score (nSPS) is 19.7. The largest absolute Gasteiger partial charge is 0.336 e. The Bertz CT molecular complexity index is 830. The molecule has 0 unspecified atom stereocenters. The number of nitrogens with one attached hydrogen (secondary N) is 1. The first-order chi connectivity index (χ1) is 10.9. The molecule has 2 heterocycles. The Morgan fingerprint density at radius 2 is 2.04 bits per heavy atom. The lowest BCUT2D eigenvalue weighted by atomic mass is 10.1. The molecule has 0 spiro atoms. The number of aromatic nitrogens is 2. The molecular weight excluding hydrogens is 321 g/mol. The van der Waals surface area contributed by atoms with Crippen molar-refractivity contribution in [1.29, 1.82) is 0 Å². The van der Waals surface area contributed by atoms with Crippen LogP contribution in [0.2, 0.25) is 0 Å². The van der Waals surface area contributed by atoms with Gasteiger partial charge in [0, 0.05) is 18.7 Å². The molecule has 122 valence electrons. The first kappa shape index (κ1) is 15.7. The zero-order chi connectivity index (χ0) is 16.6. The summed E-state index contributed by atoms with van der Waals surface area (Å²) in [5, 5.41) is 6.72. The van der Waals surface area contributed by atoms with Gasteiger partial charge in [-0.1, -0.05) is 0 Å². The molecule has 1 N–H and O–H groups in total. The summed E-state index contributed by atoms with van der Waals surface area (Å²) < 4.78 is 36.0. The lowest BCUT2D eigenvalue weighted by Gasteiger charge is -2.22. The first-order valence-corrected chi connectivity index (χ1v) is 8.97. The van der Waals surface area contributed by atoms with E-state index in [0.29, 0.717) is 17.7 Å². The van der Waals surface area contributed by atoms with Crippen LogP contribution in [-0.4, -0.2) is 54.0 Å². The number of H-pyrrole nitrogens is 1. The number of carbonyl (C=O) groups excluding carboxylic acids is 1. The highest BCUT2D eigenvalue weighted by Gasteiger charge is 2.33. The molecule has 6 nitrogen and oxygen atoms in total. The molecule has 1 aromatic carbocycles. The zero-order valence-electron chi connectivity index (χ0n) is 12.5. The molecule has 0 saturated carbocycles. The quantitative estimate of drug-likeness (QED) is 0.919. The summed E-state index contributed by atoms with van der Waals surface area (Å²) in [4.78, 5) is 13.9. The second-order valence-corrected chi connectivity index (χ2v) is 7.88. The molecule has 8 heteroatoms. The van der Waals surface area contributed by atoms with Crippen molar-refractivity contribution in [2.24, 2.45) is 0 Å². The van der Waals surface area contributed by atoms with Crippen LogP contribution in [0.25, 0.3) is 11.3 Å². The predicted molar refractivity (Wildman–Crippen MR) is 83.1 cm³/mol. The summed E-state index contributed by atoms with van der Waals surface area (Å²) in [6, 6.07) is 7.06. The fourth-order valence-electron chi connectivity index (χ4n) is 2.64. The Morgan fingerprint density at radius 3 is 2.65 bits per heavy atom. The van der Waals surface area contributed by atoms with Crippen molar-refractivity contribution in [3.8, 4) is 11.3 Å². The van der Waals surface area contributed by atoms with Crippen molar-refractivity contribution < 1.29 is 17.6 Å². The molecule has 0 bridgehead atoms. The SMILES string of the molecule is CN(C(=O)c1cc(-c2ccc(F)cc2)n[nH]1)[C@H]1CCS(=O)(=O)C1. The van der Waals surface area contributed by atoms with Gasteiger partial charge in [0.2, 0.25) is 0 Å². The van der Waals surface area contributed by atoms with E-state index in [4.69, 9.17) is 0 Å². The van der Waals surface area contributed by atoms with Gasteiger partial charge in [-0.3, -0.25) is 9.89 Å². The average Bonchev–Trinajstić information content (AvgIpc) is 3.13. The van der Waals surface area contributed by atoms with Gasteiger partial charge in [-0.2, -0.15) is 5.10 Å². The Labute approximate surface area is 133 Å². The monoisotopic (exact) mass is 337 g/mol. The van der Waals surface area contributed by atoms with Gasteiger partial charge < -0.3 is 4.90 Å². The zero-order valence-corrected chi connectivity index (χ0v) is 13.3. The number of benzene rings is 1. The lowest BCUT2D eigenvalue weighted by Crippen LogP contribution is -2.38. The van der Waals surface area contributed by atoms with Crippen molar-refractivity contribution >= 4 is 15.7 Å². The van der Waals surface area contributed by atoms with Crippen LogP contribution in [0, 0.1) is 5.82 Å². The molecule has 1 saturated heterocycles. The minimum Gasteiger partial charge on any atom is -0.336 e. The van der Waals surface area contributed by atoms with Crippen molar-refractivity contribution in [3.63, 3.8) is 0 Å². The number of hydrogen-bond acceptors (Lipinski definition) is 4. The van der Waals surface area contributed by atoms with E-state index in [-0.39, 0.29) is 35.0 Å². The molecule has 0 radical (unpaired) electrons. The molecule has 1 atom stereocenters. The van der Waals surface area contributed by atoms with E-state index < -0.39 is 9.84 Å². The number of hydrogen-bond donors (Lipinski definition) is 1. The van der Waals surface area contributed by atoms with Crippen molar-refractivity contribution in [3.05, 3.63) is 41.8 Å². The third-order valence-electron chi connectivity index (χ3n) is 4.02. The summed E-state index contributed by atoms with van der Waals surface area (Å²) >= 11 is 0. The van der Waals surface area contributed by atoms with Crippen molar-refractivity contribution in [1.82, 2.24) is 15.1 Å². The van der Waals surface area contributed by atoms with Crippen LogP contribution in [0.3, 0.4) is 0 Å².